The van der Waals surface area contributed by atoms with E-state index in [-0.39, 0.29) is 10.7 Å². The van der Waals surface area contributed by atoms with Gasteiger partial charge in [0.25, 0.3) is 11.8 Å². The Bertz CT molecular complexity index is 1270. The Balaban J connectivity index is 1.72. The fourth-order valence-electron chi connectivity index (χ4n) is 3.99. The van der Waals surface area contributed by atoms with Crippen molar-refractivity contribution in [2.75, 3.05) is 12.0 Å². The first-order chi connectivity index (χ1) is 15.8. The van der Waals surface area contributed by atoms with Crippen molar-refractivity contribution in [2.45, 2.75) is 27.2 Å². The van der Waals surface area contributed by atoms with E-state index in [4.69, 9.17) is 17.0 Å². The summed E-state index contributed by atoms with van der Waals surface area (Å²) in [6, 6.07) is 17.3. The molecule has 2 amide bonds. The molecule has 4 rings (SSSR count). The maximum Gasteiger partial charge on any atom is 0.270 e. The fraction of sp³-hybridized carbons (Fsp3) is 0.192. The van der Waals surface area contributed by atoms with Crippen LogP contribution < -0.4 is 15.0 Å². The highest BCUT2D eigenvalue weighted by molar-refractivity contribution is 7.80. The van der Waals surface area contributed by atoms with Gasteiger partial charge in [0.05, 0.1) is 12.8 Å². The van der Waals surface area contributed by atoms with Crippen molar-refractivity contribution in [1.82, 2.24) is 9.88 Å². The largest absolute Gasteiger partial charge is 0.497 e. The summed E-state index contributed by atoms with van der Waals surface area (Å²) in [7, 11) is 1.63. The highest BCUT2D eigenvalue weighted by atomic mass is 32.1. The smallest absolute Gasteiger partial charge is 0.270 e. The van der Waals surface area contributed by atoms with Gasteiger partial charge >= 0.3 is 0 Å². The van der Waals surface area contributed by atoms with Crippen LogP contribution >= 0.6 is 12.2 Å². The molecule has 7 heteroatoms. The third kappa shape index (κ3) is 4.19. The molecule has 3 aromatic rings. The summed E-state index contributed by atoms with van der Waals surface area (Å²) in [6.07, 6.45) is 2.53. The van der Waals surface area contributed by atoms with Crippen LogP contribution in [0, 0.1) is 13.8 Å². The van der Waals surface area contributed by atoms with E-state index >= 15 is 0 Å². The van der Waals surface area contributed by atoms with Gasteiger partial charge in [-0.05, 0) is 92.2 Å². The number of thiocarbonyl (C=S) groups is 1. The lowest BCUT2D eigenvalue weighted by molar-refractivity contribution is -0.122. The van der Waals surface area contributed by atoms with Crippen molar-refractivity contribution in [3.63, 3.8) is 0 Å². The van der Waals surface area contributed by atoms with Crippen molar-refractivity contribution in [3.8, 4) is 11.4 Å². The quantitative estimate of drug-likeness (QED) is 0.347. The molecule has 2 heterocycles. The average molecular weight is 460 g/mol. The number of hydrogen-bond donors (Lipinski definition) is 1. The molecule has 0 radical (unpaired) electrons. The van der Waals surface area contributed by atoms with Crippen LogP contribution in [-0.4, -0.2) is 28.6 Å². The number of hydrogen-bond acceptors (Lipinski definition) is 4. The van der Waals surface area contributed by atoms with Gasteiger partial charge in [0.2, 0.25) is 0 Å². The summed E-state index contributed by atoms with van der Waals surface area (Å²) in [4.78, 5) is 27.4. The molecule has 0 unspecified atom stereocenters. The van der Waals surface area contributed by atoms with Crippen molar-refractivity contribution >= 4 is 40.9 Å². The number of methoxy groups -OCH3 is 1. The molecule has 1 aliphatic heterocycles. The Morgan fingerprint density at radius 2 is 1.64 bits per heavy atom. The van der Waals surface area contributed by atoms with E-state index in [9.17, 15) is 9.59 Å². The Morgan fingerprint density at radius 1 is 1.00 bits per heavy atom. The normalized spacial score (nSPS) is 15.2. The number of amides is 2. The minimum atomic E-state index is -0.499. The summed E-state index contributed by atoms with van der Waals surface area (Å²) in [5, 5.41) is 2.73. The first-order valence-electron chi connectivity index (χ1n) is 10.7. The van der Waals surface area contributed by atoms with E-state index in [1.54, 1.807) is 13.2 Å². The van der Waals surface area contributed by atoms with Gasteiger partial charge in [-0.25, -0.2) is 0 Å². The molecular weight excluding hydrogens is 434 g/mol. The summed E-state index contributed by atoms with van der Waals surface area (Å²) in [5.74, 6) is -0.168. The summed E-state index contributed by atoms with van der Waals surface area (Å²) in [5.41, 5.74) is 5.47. The van der Waals surface area contributed by atoms with E-state index in [1.807, 2.05) is 68.4 Å². The molecule has 0 atom stereocenters. The second-order valence-corrected chi connectivity index (χ2v) is 8.22. The zero-order valence-corrected chi connectivity index (χ0v) is 19.8. The van der Waals surface area contributed by atoms with Gasteiger partial charge in [0, 0.05) is 17.1 Å². The molecule has 1 fully saturated rings. The number of carbonyl (C=O) groups is 2. The Kier molecular flexibility index (Phi) is 6.16. The maximum atomic E-state index is 13.3. The first kappa shape index (κ1) is 22.5. The van der Waals surface area contributed by atoms with E-state index in [0.717, 1.165) is 40.4 Å². The van der Waals surface area contributed by atoms with E-state index in [2.05, 4.69) is 16.8 Å². The lowest BCUT2D eigenvalue weighted by Crippen LogP contribution is -2.54. The lowest BCUT2D eigenvalue weighted by atomic mass is 10.1. The number of nitrogens with zero attached hydrogens (tertiary/aromatic N) is 2. The van der Waals surface area contributed by atoms with E-state index in [0.29, 0.717) is 5.69 Å². The highest BCUT2D eigenvalue weighted by Crippen LogP contribution is 2.27. The molecule has 0 bridgehead atoms. The van der Waals surface area contributed by atoms with Crippen molar-refractivity contribution in [3.05, 3.63) is 82.7 Å². The predicted molar refractivity (Wildman–Crippen MR) is 134 cm³/mol. The van der Waals surface area contributed by atoms with Crippen LogP contribution in [0.5, 0.6) is 5.75 Å². The van der Waals surface area contributed by atoms with Gasteiger partial charge < -0.3 is 9.30 Å². The number of anilines is 1. The molecule has 0 spiro atoms. The topological polar surface area (TPSA) is 63.6 Å². The zero-order valence-electron chi connectivity index (χ0n) is 19.0. The van der Waals surface area contributed by atoms with Crippen molar-refractivity contribution in [2.24, 2.45) is 0 Å². The number of carbonyl (C=O) groups excluding carboxylic acids is 2. The van der Waals surface area contributed by atoms with Crippen LogP contribution in [0.3, 0.4) is 0 Å². The molecular formula is C26H25N3O3S. The number of ether oxygens (including phenoxy) is 1. The average Bonchev–Trinajstić information content (AvgIpc) is 3.09. The minimum absolute atomic E-state index is 0.0400. The Morgan fingerprint density at radius 3 is 2.24 bits per heavy atom. The number of nitrogens with one attached hydrogen (secondary N) is 1. The van der Waals surface area contributed by atoms with Crippen LogP contribution in [0.25, 0.3) is 11.8 Å². The molecule has 33 heavy (non-hydrogen) atoms. The van der Waals surface area contributed by atoms with Crippen LogP contribution in [0.2, 0.25) is 0 Å². The lowest BCUT2D eigenvalue weighted by Gasteiger charge is -2.29. The molecule has 1 N–H and O–H groups in total. The molecule has 0 saturated carbocycles. The first-order valence-corrected chi connectivity index (χ1v) is 11.1. The molecule has 6 nitrogen and oxygen atoms in total. The van der Waals surface area contributed by atoms with Crippen molar-refractivity contribution < 1.29 is 14.3 Å². The fourth-order valence-corrected chi connectivity index (χ4v) is 4.27. The molecule has 168 valence electrons. The molecule has 1 aliphatic rings. The van der Waals surface area contributed by atoms with Crippen LogP contribution in [-0.2, 0) is 16.0 Å². The van der Waals surface area contributed by atoms with Gasteiger partial charge in [-0.2, -0.15) is 0 Å². The molecule has 2 aromatic carbocycles. The Labute approximate surface area is 198 Å². The minimum Gasteiger partial charge on any atom is -0.497 e. The van der Waals surface area contributed by atoms with Gasteiger partial charge in [-0.15, -0.1) is 0 Å². The SMILES string of the molecule is CCc1ccc(N2C(=O)C(=Cc3cc(C)n(-c4ccc(OC)cc4)c3C)C(=O)NC2=S)cc1. The number of aryl methyl sites for hydroxylation is 2. The second-order valence-electron chi connectivity index (χ2n) is 7.84. The molecule has 1 aromatic heterocycles. The summed E-state index contributed by atoms with van der Waals surface area (Å²) < 4.78 is 7.32. The zero-order chi connectivity index (χ0) is 23.7. The third-order valence-electron chi connectivity index (χ3n) is 5.81. The van der Waals surface area contributed by atoms with Gasteiger partial charge in [0.1, 0.15) is 11.3 Å². The number of rotatable bonds is 5. The van der Waals surface area contributed by atoms with Gasteiger partial charge in [-0.1, -0.05) is 19.1 Å². The van der Waals surface area contributed by atoms with Crippen molar-refractivity contribution in [1.29, 1.82) is 0 Å². The van der Waals surface area contributed by atoms with E-state index < -0.39 is 11.8 Å². The molecule has 1 saturated heterocycles. The maximum absolute atomic E-state index is 13.3. The predicted octanol–water partition coefficient (Wildman–Crippen LogP) is 4.50. The summed E-state index contributed by atoms with van der Waals surface area (Å²) >= 11 is 5.31. The van der Waals surface area contributed by atoms with Gasteiger partial charge in [0.15, 0.2) is 5.11 Å². The Hall–Kier alpha value is -3.71. The van der Waals surface area contributed by atoms with Crippen LogP contribution in [0.15, 0.2) is 60.2 Å². The molecule has 0 aliphatic carbocycles. The monoisotopic (exact) mass is 459 g/mol. The van der Waals surface area contributed by atoms with E-state index in [1.165, 1.54) is 4.90 Å². The van der Waals surface area contributed by atoms with Gasteiger partial charge in [-0.3, -0.25) is 19.8 Å². The summed E-state index contributed by atoms with van der Waals surface area (Å²) in [6.45, 7) is 6.01. The number of benzene rings is 2. The third-order valence-corrected chi connectivity index (χ3v) is 6.09. The van der Waals surface area contributed by atoms with Crippen LogP contribution in [0.4, 0.5) is 5.69 Å². The van der Waals surface area contributed by atoms with Crippen LogP contribution in [0.1, 0.15) is 29.4 Å². The standard InChI is InChI=1S/C26H25N3O3S/c1-5-18-6-8-21(9-7-18)29-25(31)23(24(30)27-26(29)33)15-19-14-16(2)28(17(19)3)20-10-12-22(32-4)13-11-20/h6-15H,5H2,1-4H3,(H,27,30,33). The second kappa shape index (κ2) is 9.03. The number of aromatic nitrogens is 1. The highest BCUT2D eigenvalue weighted by Gasteiger charge is 2.34.